The molecular formula is C49H67N13O7. The number of benzene rings is 1. The molecule has 4 saturated heterocycles. The van der Waals surface area contributed by atoms with Gasteiger partial charge in [0, 0.05) is 103 Å². The van der Waals surface area contributed by atoms with E-state index in [2.05, 4.69) is 50.5 Å². The second-order valence-electron chi connectivity index (χ2n) is 19.5. The number of hydrogen-bond donors (Lipinski definition) is 3. The van der Waals surface area contributed by atoms with Crippen molar-refractivity contribution in [3.63, 3.8) is 0 Å². The quantitative estimate of drug-likeness (QED) is 0.148. The lowest BCUT2D eigenvalue weighted by Gasteiger charge is -2.42. The third-order valence-electron chi connectivity index (χ3n) is 15.1. The van der Waals surface area contributed by atoms with E-state index in [1.807, 2.05) is 19.3 Å². The van der Waals surface area contributed by atoms with Gasteiger partial charge in [-0.05, 0) is 109 Å². The largest absolute Gasteiger partial charge is 0.462 e. The first-order valence-electron chi connectivity index (χ1n) is 25.1. The molecule has 3 aromatic rings. The van der Waals surface area contributed by atoms with Crippen molar-refractivity contribution in [1.29, 1.82) is 0 Å². The van der Waals surface area contributed by atoms with E-state index in [0.29, 0.717) is 52.5 Å². The van der Waals surface area contributed by atoms with Crippen LogP contribution in [-0.4, -0.2) is 183 Å². The minimum absolute atomic E-state index is 0.0949. The number of rotatable bonds is 15. The number of anilines is 4. The molecule has 1 unspecified atom stereocenters. The highest BCUT2D eigenvalue weighted by Gasteiger charge is 2.45. The molecule has 3 N–H and O–H groups in total. The zero-order valence-electron chi connectivity index (χ0n) is 40.3. The molecule has 5 aliphatic heterocycles. The number of hydrogen-bond acceptors (Lipinski definition) is 16. The topological polar surface area (TPSA) is 211 Å². The molecule has 0 bridgehead atoms. The van der Waals surface area contributed by atoms with Crippen LogP contribution in [0.15, 0.2) is 30.6 Å². The smallest absolute Gasteiger partial charge is 0.343 e. The van der Waals surface area contributed by atoms with Gasteiger partial charge in [0.05, 0.1) is 35.3 Å². The maximum Gasteiger partial charge on any atom is 0.343 e. The monoisotopic (exact) mass is 950 g/mol. The molecule has 9 rings (SSSR count). The molecular weight excluding hydrogens is 883 g/mol. The average Bonchev–Trinajstić information content (AvgIpc) is 3.87. The molecule has 6 aliphatic rings. The third kappa shape index (κ3) is 11.1. The first-order valence-corrected chi connectivity index (χ1v) is 25.1. The number of piperidine rings is 2. The summed E-state index contributed by atoms with van der Waals surface area (Å²) < 4.78 is 7.08. The molecule has 1 saturated carbocycles. The number of imide groups is 2. The summed E-state index contributed by atoms with van der Waals surface area (Å²) in [6.45, 7) is 14.6. The number of carbonyl (C=O) groups is 6. The summed E-state index contributed by atoms with van der Waals surface area (Å²) in [4.78, 5) is 99.1. The van der Waals surface area contributed by atoms with E-state index in [9.17, 15) is 28.8 Å². The van der Waals surface area contributed by atoms with Crippen molar-refractivity contribution in [2.45, 2.75) is 96.2 Å². The molecule has 2 aromatic heterocycles. The van der Waals surface area contributed by atoms with Crippen molar-refractivity contribution in [2.75, 3.05) is 101 Å². The highest BCUT2D eigenvalue weighted by Crippen LogP contribution is 2.33. The Kier molecular flexibility index (Phi) is 14.9. The minimum atomic E-state index is -0.969. The second kappa shape index (κ2) is 21.3. The number of aromatic nitrogens is 4. The van der Waals surface area contributed by atoms with Crippen molar-refractivity contribution < 1.29 is 33.5 Å². The summed E-state index contributed by atoms with van der Waals surface area (Å²) in [5.74, 6) is -0.586. The van der Waals surface area contributed by atoms with Gasteiger partial charge in [0.1, 0.15) is 17.4 Å². The molecule has 20 nitrogen and oxygen atoms in total. The average molecular weight is 950 g/mol. The standard InChI is InChI=1S/C49H67N13O7/c1-4-69-48(68)43-32(2)51-49(53-35-30-50-56(3)31-35)55-44(43)52-34-5-7-36(8-6-34)59-25-27-61(28-26-59)42(64)16-20-57-17-13-33(14-18-57)15-19-58-21-23-60(24-22-58)37-9-10-38-39(29-37)47(67)62(46(38)66)40-11-12-41(63)54-45(40)65/h9-10,29-31,33-34,36,40H,4-8,11-28H2,1-3H3,(H,54,63,65)(H2,51,52,53,55). The molecule has 69 heavy (non-hydrogen) atoms. The highest BCUT2D eigenvalue weighted by molar-refractivity contribution is 6.23. The van der Waals surface area contributed by atoms with Crippen LogP contribution in [0.2, 0.25) is 0 Å². The maximum atomic E-state index is 13.4. The fourth-order valence-electron chi connectivity index (χ4n) is 11.1. The third-order valence-corrected chi connectivity index (χ3v) is 15.1. The number of aryl methyl sites for hydroxylation is 2. The zero-order valence-corrected chi connectivity index (χ0v) is 40.3. The van der Waals surface area contributed by atoms with Crippen LogP contribution in [0.25, 0.3) is 0 Å². The van der Waals surface area contributed by atoms with Gasteiger partial charge in [0.15, 0.2) is 0 Å². The Morgan fingerprint density at radius 1 is 0.826 bits per heavy atom. The molecule has 1 aromatic carbocycles. The number of nitrogens with zero attached hydrogens (tertiary/aromatic N) is 10. The number of likely N-dealkylation sites (tertiary alicyclic amines) is 1. The van der Waals surface area contributed by atoms with Crippen molar-refractivity contribution >= 4 is 58.6 Å². The Labute approximate surface area is 403 Å². The van der Waals surface area contributed by atoms with Gasteiger partial charge in [-0.3, -0.25) is 48.7 Å². The number of amides is 5. The van der Waals surface area contributed by atoms with Gasteiger partial charge in [0.2, 0.25) is 23.7 Å². The number of ether oxygens (including phenoxy) is 1. The Morgan fingerprint density at radius 3 is 2.25 bits per heavy atom. The van der Waals surface area contributed by atoms with Crippen LogP contribution in [0.5, 0.6) is 0 Å². The van der Waals surface area contributed by atoms with E-state index in [1.165, 1.54) is 0 Å². The summed E-state index contributed by atoms with van der Waals surface area (Å²) in [7, 11) is 1.84. The molecule has 7 heterocycles. The summed E-state index contributed by atoms with van der Waals surface area (Å²) in [6.07, 6.45) is 11.7. The highest BCUT2D eigenvalue weighted by atomic mass is 16.5. The van der Waals surface area contributed by atoms with E-state index in [4.69, 9.17) is 9.72 Å². The lowest BCUT2D eigenvalue weighted by molar-refractivity contribution is -0.136. The SMILES string of the molecule is CCOC(=O)c1c(C)nc(Nc2cnn(C)c2)nc1NC1CCC(N2CCN(C(=O)CCN3CCC(CCN4CCN(c5ccc6c(c5)C(=O)N(C5CCC(=O)NC5=O)C6=O)CC4)CC3)CC2)CC1. The van der Waals surface area contributed by atoms with Crippen LogP contribution < -0.4 is 20.9 Å². The van der Waals surface area contributed by atoms with Crippen LogP contribution >= 0.6 is 0 Å². The summed E-state index contributed by atoms with van der Waals surface area (Å²) in [5, 5.41) is 13.2. The van der Waals surface area contributed by atoms with Gasteiger partial charge in [-0.15, -0.1) is 0 Å². The lowest BCUT2D eigenvalue weighted by Crippen LogP contribution is -2.54. The number of carbonyl (C=O) groups excluding carboxylic acids is 6. The van der Waals surface area contributed by atoms with E-state index in [0.717, 1.165) is 140 Å². The normalized spacial score (nSPS) is 23.3. The Balaban J connectivity index is 0.650. The number of nitrogens with one attached hydrogen (secondary N) is 3. The fraction of sp³-hybridized carbons (Fsp3) is 0.612. The number of fused-ring (bicyclic) bond motifs is 1. The van der Waals surface area contributed by atoms with Crippen LogP contribution in [0.3, 0.4) is 0 Å². The van der Waals surface area contributed by atoms with Gasteiger partial charge in [0.25, 0.3) is 11.8 Å². The Hall–Kier alpha value is -5.99. The molecule has 5 fully saturated rings. The Bertz CT molecular complexity index is 2400. The van der Waals surface area contributed by atoms with Crippen LogP contribution in [-0.2, 0) is 26.2 Å². The summed E-state index contributed by atoms with van der Waals surface area (Å²) >= 11 is 0. The van der Waals surface area contributed by atoms with Crippen molar-refractivity contribution in [3.05, 3.63) is 53.0 Å². The van der Waals surface area contributed by atoms with E-state index < -0.39 is 29.7 Å². The maximum absolute atomic E-state index is 13.4. The molecule has 370 valence electrons. The summed E-state index contributed by atoms with van der Waals surface area (Å²) in [6, 6.07) is 5.01. The van der Waals surface area contributed by atoms with Gasteiger partial charge >= 0.3 is 5.97 Å². The first-order chi connectivity index (χ1) is 33.4. The van der Waals surface area contributed by atoms with Gasteiger partial charge in [-0.25, -0.2) is 9.78 Å². The van der Waals surface area contributed by atoms with Crippen molar-refractivity contribution in [2.24, 2.45) is 13.0 Å². The molecule has 20 heteroatoms. The molecule has 0 radical (unpaired) electrons. The molecule has 0 spiro atoms. The van der Waals surface area contributed by atoms with E-state index in [1.54, 1.807) is 36.9 Å². The van der Waals surface area contributed by atoms with Gasteiger partial charge < -0.3 is 30.1 Å². The first kappa shape index (κ1) is 48.1. The number of esters is 1. The zero-order chi connectivity index (χ0) is 48.2. The predicted molar refractivity (Wildman–Crippen MR) is 257 cm³/mol. The van der Waals surface area contributed by atoms with Gasteiger partial charge in [-0.1, -0.05) is 0 Å². The second-order valence-corrected chi connectivity index (χ2v) is 19.5. The van der Waals surface area contributed by atoms with Crippen molar-refractivity contribution in [3.8, 4) is 0 Å². The fourth-order valence-corrected chi connectivity index (χ4v) is 11.1. The van der Waals surface area contributed by atoms with Crippen LogP contribution in [0.1, 0.15) is 108 Å². The minimum Gasteiger partial charge on any atom is -0.462 e. The van der Waals surface area contributed by atoms with Crippen molar-refractivity contribution in [1.82, 2.24) is 49.6 Å². The molecule has 5 amide bonds. The van der Waals surface area contributed by atoms with E-state index in [-0.39, 0.29) is 37.3 Å². The molecule has 1 atom stereocenters. The molecule has 1 aliphatic carbocycles. The lowest BCUT2D eigenvalue weighted by atomic mass is 9.89. The van der Waals surface area contributed by atoms with Crippen LogP contribution in [0, 0.1) is 12.8 Å². The predicted octanol–water partition coefficient (Wildman–Crippen LogP) is 3.02. The van der Waals surface area contributed by atoms with Gasteiger partial charge in [-0.2, -0.15) is 10.1 Å². The van der Waals surface area contributed by atoms with E-state index >= 15 is 0 Å². The Morgan fingerprint density at radius 2 is 1.55 bits per heavy atom. The number of piperazine rings is 2. The van der Waals surface area contributed by atoms with Crippen LogP contribution in [0.4, 0.5) is 23.1 Å². The summed E-state index contributed by atoms with van der Waals surface area (Å²) in [5.41, 5.74) is 3.17.